The number of nitrogens with one attached hydrogen (secondary N) is 2. The molecular formula is C16H26N2O3. The van der Waals surface area contributed by atoms with E-state index >= 15 is 0 Å². The van der Waals surface area contributed by atoms with Crippen molar-refractivity contribution in [2.24, 2.45) is 5.92 Å². The Labute approximate surface area is 126 Å². The first kappa shape index (κ1) is 17.3. The largest absolute Gasteiger partial charge is 0.497 e. The molecule has 0 aliphatic rings. The molecule has 0 radical (unpaired) electrons. The highest BCUT2D eigenvalue weighted by atomic mass is 16.5. The number of carbonyl (C=O) groups is 1. The number of urea groups is 1. The zero-order valence-electron chi connectivity index (χ0n) is 13.1. The SMILES string of the molecule is COc1ccc(CCCNC(=O)NC(C)C(C)CO)cc1. The van der Waals surface area contributed by atoms with Gasteiger partial charge < -0.3 is 20.5 Å². The Hall–Kier alpha value is -1.75. The number of carbonyl (C=O) groups excluding carboxylic acids is 1. The zero-order valence-corrected chi connectivity index (χ0v) is 13.1. The number of aryl methyl sites for hydroxylation is 1. The van der Waals surface area contributed by atoms with E-state index in [1.807, 2.05) is 38.1 Å². The molecule has 0 fully saturated rings. The minimum absolute atomic E-state index is 0.0448. The highest BCUT2D eigenvalue weighted by Gasteiger charge is 2.13. The van der Waals surface area contributed by atoms with Gasteiger partial charge in [0, 0.05) is 19.2 Å². The van der Waals surface area contributed by atoms with Crippen LogP contribution >= 0.6 is 0 Å². The van der Waals surface area contributed by atoms with Gasteiger partial charge in [0.05, 0.1) is 7.11 Å². The number of aliphatic hydroxyl groups is 1. The van der Waals surface area contributed by atoms with Gasteiger partial charge in [0.15, 0.2) is 0 Å². The fourth-order valence-corrected chi connectivity index (χ4v) is 1.84. The van der Waals surface area contributed by atoms with Gasteiger partial charge in [0.25, 0.3) is 0 Å². The third-order valence-corrected chi connectivity index (χ3v) is 3.59. The van der Waals surface area contributed by atoms with Gasteiger partial charge in [-0.05, 0) is 43.4 Å². The zero-order chi connectivity index (χ0) is 15.7. The number of benzene rings is 1. The molecule has 0 bridgehead atoms. The van der Waals surface area contributed by atoms with Crippen LogP contribution < -0.4 is 15.4 Å². The van der Waals surface area contributed by atoms with Gasteiger partial charge in [-0.15, -0.1) is 0 Å². The van der Waals surface area contributed by atoms with Crippen molar-refractivity contribution in [1.82, 2.24) is 10.6 Å². The lowest BCUT2D eigenvalue weighted by molar-refractivity contribution is 0.200. The summed E-state index contributed by atoms with van der Waals surface area (Å²) in [6.45, 7) is 4.48. The third kappa shape index (κ3) is 6.49. The molecule has 0 aromatic heterocycles. The predicted molar refractivity (Wildman–Crippen MR) is 83.6 cm³/mol. The normalized spacial score (nSPS) is 13.3. The summed E-state index contributed by atoms with van der Waals surface area (Å²) in [5.41, 5.74) is 1.22. The van der Waals surface area contributed by atoms with Crippen molar-refractivity contribution in [3.8, 4) is 5.75 Å². The van der Waals surface area contributed by atoms with Crippen molar-refractivity contribution in [1.29, 1.82) is 0 Å². The molecule has 0 heterocycles. The summed E-state index contributed by atoms with van der Waals surface area (Å²) in [5.74, 6) is 0.901. The molecule has 0 aliphatic carbocycles. The second-order valence-corrected chi connectivity index (χ2v) is 5.30. The molecule has 5 heteroatoms. The summed E-state index contributed by atoms with van der Waals surface area (Å²) in [6.07, 6.45) is 1.79. The molecule has 0 aliphatic heterocycles. The summed E-state index contributed by atoms with van der Waals surface area (Å²) in [7, 11) is 1.65. The van der Waals surface area contributed by atoms with Gasteiger partial charge in [-0.3, -0.25) is 0 Å². The second kappa shape index (κ2) is 9.23. The predicted octanol–water partition coefficient (Wildman–Crippen LogP) is 1.94. The Kier molecular flexibility index (Phi) is 7.61. The van der Waals surface area contributed by atoms with E-state index in [1.54, 1.807) is 7.11 Å². The molecular weight excluding hydrogens is 268 g/mol. The Morgan fingerprint density at radius 1 is 1.29 bits per heavy atom. The number of amides is 2. The molecule has 0 spiro atoms. The molecule has 2 atom stereocenters. The van der Waals surface area contributed by atoms with Crippen molar-refractivity contribution in [2.75, 3.05) is 20.3 Å². The van der Waals surface area contributed by atoms with Gasteiger partial charge in [-0.1, -0.05) is 19.1 Å². The van der Waals surface area contributed by atoms with Crippen molar-refractivity contribution < 1.29 is 14.6 Å². The van der Waals surface area contributed by atoms with E-state index in [4.69, 9.17) is 9.84 Å². The van der Waals surface area contributed by atoms with Crippen LogP contribution in [0, 0.1) is 5.92 Å². The molecule has 1 aromatic carbocycles. The summed E-state index contributed by atoms with van der Waals surface area (Å²) in [6, 6.07) is 7.71. The summed E-state index contributed by atoms with van der Waals surface area (Å²) >= 11 is 0. The molecule has 21 heavy (non-hydrogen) atoms. The molecule has 2 unspecified atom stereocenters. The van der Waals surface area contributed by atoms with Crippen molar-refractivity contribution in [3.63, 3.8) is 0 Å². The molecule has 118 valence electrons. The molecule has 0 saturated carbocycles. The summed E-state index contributed by atoms with van der Waals surface area (Å²) in [5, 5.41) is 14.7. The van der Waals surface area contributed by atoms with Crippen molar-refractivity contribution in [3.05, 3.63) is 29.8 Å². The van der Waals surface area contributed by atoms with Crippen LogP contribution in [0.1, 0.15) is 25.8 Å². The monoisotopic (exact) mass is 294 g/mol. The van der Waals surface area contributed by atoms with Gasteiger partial charge >= 0.3 is 6.03 Å². The van der Waals surface area contributed by atoms with Gasteiger partial charge in [0.2, 0.25) is 0 Å². The van der Waals surface area contributed by atoms with E-state index in [0.717, 1.165) is 18.6 Å². The lowest BCUT2D eigenvalue weighted by Crippen LogP contribution is -2.44. The number of aliphatic hydroxyl groups excluding tert-OH is 1. The van der Waals surface area contributed by atoms with E-state index in [0.29, 0.717) is 6.54 Å². The smallest absolute Gasteiger partial charge is 0.315 e. The van der Waals surface area contributed by atoms with Crippen molar-refractivity contribution in [2.45, 2.75) is 32.7 Å². The lowest BCUT2D eigenvalue weighted by Gasteiger charge is -2.19. The van der Waals surface area contributed by atoms with Crippen LogP contribution in [0.3, 0.4) is 0 Å². The van der Waals surface area contributed by atoms with Crippen LogP contribution in [0.4, 0.5) is 4.79 Å². The fraction of sp³-hybridized carbons (Fsp3) is 0.562. The van der Waals surface area contributed by atoms with Crippen LogP contribution in [0.5, 0.6) is 5.75 Å². The van der Waals surface area contributed by atoms with Crippen LogP contribution in [0.15, 0.2) is 24.3 Å². The van der Waals surface area contributed by atoms with Crippen LogP contribution in [0.25, 0.3) is 0 Å². The van der Waals surface area contributed by atoms with Crippen LogP contribution in [0.2, 0.25) is 0 Å². The molecule has 1 aromatic rings. The Balaban J connectivity index is 2.19. The minimum atomic E-state index is -0.183. The molecule has 5 nitrogen and oxygen atoms in total. The average molecular weight is 294 g/mol. The highest BCUT2D eigenvalue weighted by Crippen LogP contribution is 2.12. The number of ether oxygens (including phenoxy) is 1. The molecule has 3 N–H and O–H groups in total. The molecule has 1 rings (SSSR count). The maximum atomic E-state index is 11.6. The van der Waals surface area contributed by atoms with E-state index in [-0.39, 0.29) is 24.6 Å². The number of hydrogen-bond donors (Lipinski definition) is 3. The first-order valence-corrected chi connectivity index (χ1v) is 7.35. The Morgan fingerprint density at radius 2 is 1.95 bits per heavy atom. The molecule has 0 saturated heterocycles. The van der Waals surface area contributed by atoms with E-state index in [2.05, 4.69) is 10.6 Å². The first-order chi connectivity index (χ1) is 10.1. The maximum absolute atomic E-state index is 11.6. The van der Waals surface area contributed by atoms with Crippen LogP contribution in [-0.2, 0) is 6.42 Å². The Bertz CT molecular complexity index is 420. The third-order valence-electron chi connectivity index (χ3n) is 3.59. The lowest BCUT2D eigenvalue weighted by atomic mass is 10.1. The summed E-state index contributed by atoms with van der Waals surface area (Å²) in [4.78, 5) is 11.6. The van der Waals surface area contributed by atoms with Crippen molar-refractivity contribution >= 4 is 6.03 Å². The quantitative estimate of drug-likeness (QED) is 0.642. The Morgan fingerprint density at radius 3 is 2.52 bits per heavy atom. The van der Waals surface area contributed by atoms with E-state index < -0.39 is 0 Å². The highest BCUT2D eigenvalue weighted by molar-refractivity contribution is 5.74. The maximum Gasteiger partial charge on any atom is 0.315 e. The van der Waals surface area contributed by atoms with Gasteiger partial charge in [0.1, 0.15) is 5.75 Å². The topological polar surface area (TPSA) is 70.6 Å². The van der Waals surface area contributed by atoms with E-state index in [9.17, 15) is 4.79 Å². The van der Waals surface area contributed by atoms with Crippen LogP contribution in [-0.4, -0.2) is 37.4 Å². The average Bonchev–Trinajstić information content (AvgIpc) is 2.51. The van der Waals surface area contributed by atoms with Gasteiger partial charge in [-0.2, -0.15) is 0 Å². The first-order valence-electron chi connectivity index (χ1n) is 7.35. The van der Waals surface area contributed by atoms with Gasteiger partial charge in [-0.25, -0.2) is 4.79 Å². The minimum Gasteiger partial charge on any atom is -0.497 e. The summed E-state index contributed by atoms with van der Waals surface area (Å²) < 4.78 is 5.11. The van der Waals surface area contributed by atoms with E-state index in [1.165, 1.54) is 5.56 Å². The number of methoxy groups -OCH3 is 1. The number of hydrogen-bond acceptors (Lipinski definition) is 3. The number of rotatable bonds is 8. The standard InChI is InChI=1S/C16H26N2O3/c1-12(11-19)13(2)18-16(20)17-10-4-5-14-6-8-15(21-3)9-7-14/h6-9,12-13,19H,4-5,10-11H2,1-3H3,(H2,17,18,20). The molecule has 2 amide bonds. The fourth-order valence-electron chi connectivity index (χ4n) is 1.84. The second-order valence-electron chi connectivity index (χ2n) is 5.30.